The zero-order chi connectivity index (χ0) is 21.6. The minimum Gasteiger partial charge on any atom is -0.495 e. The molecule has 0 saturated heterocycles. The largest absolute Gasteiger partial charge is 0.495 e. The van der Waals surface area contributed by atoms with Crippen LogP contribution in [0.1, 0.15) is 15.9 Å². The standard InChI is InChI=1S/C18H18ClN3O6S/c1-22(29(26,27)14-7-8-16(28-2)15(19)9-14)11-17(23)21-20-10-12-3-5-13(6-4-12)18(24)25/h3-10H,11H2,1-2H3,(H,21,23)(H,24,25)/b20-10+. The molecule has 2 rings (SSSR count). The second-order valence-electron chi connectivity index (χ2n) is 5.78. The van der Waals surface area contributed by atoms with Crippen molar-refractivity contribution in [2.45, 2.75) is 4.90 Å². The Morgan fingerprint density at radius 3 is 2.45 bits per heavy atom. The molecule has 0 radical (unpaired) electrons. The SMILES string of the molecule is COc1ccc(S(=O)(=O)N(C)CC(=O)N/N=C/c2ccc(C(=O)O)cc2)cc1Cl. The van der Waals surface area contributed by atoms with E-state index >= 15 is 0 Å². The third-order valence-corrected chi connectivity index (χ3v) is 5.85. The van der Waals surface area contributed by atoms with E-state index in [0.717, 1.165) is 4.31 Å². The van der Waals surface area contributed by atoms with Crippen LogP contribution >= 0.6 is 11.6 Å². The van der Waals surface area contributed by atoms with Crippen LogP contribution in [0.5, 0.6) is 5.75 Å². The molecule has 0 saturated carbocycles. The lowest BCUT2D eigenvalue weighted by atomic mass is 10.1. The van der Waals surface area contributed by atoms with Crippen LogP contribution in [0.3, 0.4) is 0 Å². The van der Waals surface area contributed by atoms with Crippen molar-refractivity contribution in [3.63, 3.8) is 0 Å². The Labute approximate surface area is 172 Å². The lowest BCUT2D eigenvalue weighted by molar-refractivity contribution is -0.121. The van der Waals surface area contributed by atoms with Crippen LogP contribution in [0.4, 0.5) is 0 Å². The van der Waals surface area contributed by atoms with Crippen molar-refractivity contribution in [1.29, 1.82) is 0 Å². The first-order valence-electron chi connectivity index (χ1n) is 8.10. The molecule has 0 heterocycles. The number of rotatable bonds is 8. The first kappa shape index (κ1) is 22.3. The number of amides is 1. The number of likely N-dealkylation sites (N-methyl/N-ethyl adjacent to an activating group) is 1. The van der Waals surface area contributed by atoms with Gasteiger partial charge in [0.1, 0.15) is 5.75 Å². The fourth-order valence-corrected chi connectivity index (χ4v) is 3.68. The summed E-state index contributed by atoms with van der Waals surface area (Å²) in [4.78, 5) is 22.7. The molecule has 0 fully saturated rings. The number of carbonyl (C=O) groups is 2. The summed E-state index contributed by atoms with van der Waals surface area (Å²) < 4.78 is 31.0. The number of hydrogen-bond acceptors (Lipinski definition) is 6. The van der Waals surface area contributed by atoms with Crippen molar-refractivity contribution in [1.82, 2.24) is 9.73 Å². The number of carboxylic acids is 1. The quantitative estimate of drug-likeness (QED) is 0.477. The number of nitrogens with zero attached hydrogens (tertiary/aromatic N) is 2. The first-order chi connectivity index (χ1) is 13.6. The lowest BCUT2D eigenvalue weighted by Gasteiger charge is -2.16. The van der Waals surface area contributed by atoms with Crippen molar-refractivity contribution >= 4 is 39.7 Å². The van der Waals surface area contributed by atoms with Crippen molar-refractivity contribution in [2.75, 3.05) is 20.7 Å². The molecule has 0 bridgehead atoms. The first-order valence-corrected chi connectivity index (χ1v) is 9.92. The van der Waals surface area contributed by atoms with Crippen molar-refractivity contribution in [2.24, 2.45) is 5.10 Å². The summed E-state index contributed by atoms with van der Waals surface area (Å²) in [5.74, 6) is -1.38. The molecule has 0 atom stereocenters. The van der Waals surface area contributed by atoms with E-state index in [-0.39, 0.29) is 15.5 Å². The average molecular weight is 440 g/mol. The molecule has 9 nitrogen and oxygen atoms in total. The van der Waals surface area contributed by atoms with Gasteiger partial charge in [0.15, 0.2) is 0 Å². The Bertz CT molecular complexity index is 1040. The van der Waals surface area contributed by atoms with Gasteiger partial charge in [-0.05, 0) is 35.9 Å². The Balaban J connectivity index is 1.98. The Morgan fingerprint density at radius 2 is 1.90 bits per heavy atom. The number of benzene rings is 2. The monoisotopic (exact) mass is 439 g/mol. The highest BCUT2D eigenvalue weighted by Gasteiger charge is 2.23. The number of nitrogens with one attached hydrogen (secondary N) is 1. The van der Waals surface area contributed by atoms with E-state index in [0.29, 0.717) is 11.3 Å². The van der Waals surface area contributed by atoms with E-state index < -0.39 is 28.4 Å². The molecule has 2 aromatic rings. The number of hydrazone groups is 1. The van der Waals surface area contributed by atoms with E-state index in [2.05, 4.69) is 10.5 Å². The molecule has 11 heteroatoms. The molecule has 0 aliphatic heterocycles. The molecule has 0 unspecified atom stereocenters. The summed E-state index contributed by atoms with van der Waals surface area (Å²) >= 11 is 5.96. The maximum atomic E-state index is 12.6. The number of halogens is 1. The van der Waals surface area contributed by atoms with Crippen LogP contribution in [0.25, 0.3) is 0 Å². The Kier molecular flexibility index (Phi) is 7.32. The summed E-state index contributed by atoms with van der Waals surface area (Å²) in [6, 6.07) is 9.81. The summed E-state index contributed by atoms with van der Waals surface area (Å²) in [5, 5.41) is 12.7. The summed E-state index contributed by atoms with van der Waals surface area (Å²) in [6.45, 7) is -0.471. The van der Waals surface area contributed by atoms with E-state index in [1.165, 1.54) is 62.8 Å². The topological polar surface area (TPSA) is 125 Å². The summed E-state index contributed by atoms with van der Waals surface area (Å²) in [6.07, 6.45) is 1.31. The zero-order valence-corrected chi connectivity index (χ0v) is 17.1. The van der Waals surface area contributed by atoms with Gasteiger partial charge in [-0.15, -0.1) is 0 Å². The summed E-state index contributed by atoms with van der Waals surface area (Å²) in [7, 11) is -1.29. The maximum absolute atomic E-state index is 12.6. The van der Waals surface area contributed by atoms with Gasteiger partial charge in [0.05, 0.1) is 35.4 Å². The van der Waals surface area contributed by atoms with Crippen LogP contribution in [0.2, 0.25) is 5.02 Å². The number of carboxylic acid groups (broad SMARTS) is 1. The van der Waals surface area contributed by atoms with Gasteiger partial charge in [-0.3, -0.25) is 4.79 Å². The normalized spacial score (nSPS) is 11.6. The van der Waals surface area contributed by atoms with E-state index in [1.54, 1.807) is 0 Å². The number of hydrogen-bond donors (Lipinski definition) is 2. The van der Waals surface area contributed by atoms with Crippen LogP contribution in [0, 0.1) is 0 Å². The van der Waals surface area contributed by atoms with Gasteiger partial charge in [-0.2, -0.15) is 9.41 Å². The molecule has 0 aliphatic rings. The number of methoxy groups -OCH3 is 1. The third-order valence-electron chi connectivity index (χ3n) is 3.76. The molecule has 0 aromatic heterocycles. The number of aromatic carboxylic acids is 1. The number of sulfonamides is 1. The van der Waals surface area contributed by atoms with Crippen LogP contribution in [-0.2, 0) is 14.8 Å². The van der Waals surface area contributed by atoms with E-state index in [4.69, 9.17) is 21.4 Å². The molecule has 29 heavy (non-hydrogen) atoms. The maximum Gasteiger partial charge on any atom is 0.335 e. The molecule has 0 spiro atoms. The minimum atomic E-state index is -3.95. The van der Waals surface area contributed by atoms with Crippen molar-refractivity contribution in [3.05, 3.63) is 58.6 Å². The van der Waals surface area contributed by atoms with Gasteiger partial charge < -0.3 is 9.84 Å². The lowest BCUT2D eigenvalue weighted by Crippen LogP contribution is -2.36. The Morgan fingerprint density at radius 1 is 1.24 bits per heavy atom. The molecule has 2 N–H and O–H groups in total. The number of ether oxygens (including phenoxy) is 1. The van der Waals surface area contributed by atoms with Gasteiger partial charge >= 0.3 is 5.97 Å². The Hall–Kier alpha value is -2.95. The fourth-order valence-electron chi connectivity index (χ4n) is 2.20. The minimum absolute atomic E-state index is 0.0828. The molecule has 0 aliphatic carbocycles. The molecular formula is C18H18ClN3O6S. The third kappa shape index (κ3) is 5.76. The predicted molar refractivity (Wildman–Crippen MR) is 107 cm³/mol. The second-order valence-corrected chi connectivity index (χ2v) is 8.23. The highest BCUT2D eigenvalue weighted by molar-refractivity contribution is 7.89. The molecule has 2 aromatic carbocycles. The van der Waals surface area contributed by atoms with Crippen LogP contribution in [-0.4, -0.2) is 56.6 Å². The fraction of sp³-hybridized carbons (Fsp3) is 0.167. The highest BCUT2D eigenvalue weighted by Crippen LogP contribution is 2.27. The molecule has 1 amide bonds. The number of carbonyl (C=O) groups excluding carboxylic acids is 1. The van der Waals surface area contributed by atoms with E-state index in [1.807, 2.05) is 0 Å². The smallest absolute Gasteiger partial charge is 0.335 e. The van der Waals surface area contributed by atoms with Gasteiger partial charge in [0.2, 0.25) is 10.0 Å². The average Bonchev–Trinajstić information content (AvgIpc) is 2.68. The van der Waals surface area contributed by atoms with Crippen molar-refractivity contribution < 1.29 is 27.9 Å². The molecular weight excluding hydrogens is 422 g/mol. The van der Waals surface area contributed by atoms with Crippen LogP contribution in [0.15, 0.2) is 52.5 Å². The zero-order valence-electron chi connectivity index (χ0n) is 15.5. The van der Waals surface area contributed by atoms with Gasteiger partial charge in [0.25, 0.3) is 5.91 Å². The highest BCUT2D eigenvalue weighted by atomic mass is 35.5. The predicted octanol–water partition coefficient (Wildman–Crippen LogP) is 1.82. The van der Waals surface area contributed by atoms with Gasteiger partial charge in [-0.1, -0.05) is 23.7 Å². The molecule has 154 valence electrons. The van der Waals surface area contributed by atoms with Gasteiger partial charge in [-0.25, -0.2) is 18.6 Å². The van der Waals surface area contributed by atoms with Crippen LogP contribution < -0.4 is 10.2 Å². The second kappa shape index (κ2) is 9.50. The van der Waals surface area contributed by atoms with Crippen molar-refractivity contribution in [3.8, 4) is 5.75 Å². The summed E-state index contributed by atoms with van der Waals surface area (Å²) in [5.41, 5.74) is 2.90. The van der Waals surface area contributed by atoms with Gasteiger partial charge in [0, 0.05) is 7.05 Å². The van der Waals surface area contributed by atoms with E-state index in [9.17, 15) is 18.0 Å².